The Kier molecular flexibility index (Phi) is 2.92. The quantitative estimate of drug-likeness (QED) is 0.778. The van der Waals surface area contributed by atoms with Crippen LogP contribution in [-0.4, -0.2) is 31.7 Å². The zero-order chi connectivity index (χ0) is 15.0. The van der Waals surface area contributed by atoms with Crippen molar-refractivity contribution < 1.29 is 14.2 Å². The topological polar surface area (TPSA) is 27.7 Å². The van der Waals surface area contributed by atoms with E-state index in [-0.39, 0.29) is 18.0 Å². The molecule has 120 valence electrons. The number of rotatable bonds is 2. The molecular weight excluding hydrogens is 264 g/mol. The highest BCUT2D eigenvalue weighted by atomic mass is 16.8. The van der Waals surface area contributed by atoms with E-state index in [1.165, 1.54) is 25.7 Å². The fraction of sp³-hybridized carbons (Fsp3) is 1.00. The molecule has 0 aromatic carbocycles. The van der Waals surface area contributed by atoms with Gasteiger partial charge >= 0.3 is 0 Å². The third-order valence-corrected chi connectivity index (χ3v) is 7.84. The molecule has 1 saturated heterocycles. The van der Waals surface area contributed by atoms with Crippen molar-refractivity contribution >= 4 is 0 Å². The summed E-state index contributed by atoms with van der Waals surface area (Å²) in [6.45, 7) is 10.3. The number of ether oxygens (including phenoxy) is 3. The minimum Gasteiger partial charge on any atom is -0.379 e. The summed E-state index contributed by atoms with van der Waals surface area (Å²) in [6.07, 6.45) is 5.40. The van der Waals surface area contributed by atoms with Gasteiger partial charge in [0, 0.05) is 7.11 Å². The largest absolute Gasteiger partial charge is 0.379 e. The second kappa shape index (κ2) is 4.24. The molecule has 0 radical (unpaired) electrons. The Morgan fingerprint density at radius 2 is 1.86 bits per heavy atom. The van der Waals surface area contributed by atoms with Crippen LogP contribution in [0.3, 0.4) is 0 Å². The van der Waals surface area contributed by atoms with Gasteiger partial charge in [-0.05, 0) is 61.2 Å². The Bertz CT molecular complexity index is 448. The third kappa shape index (κ3) is 1.61. The van der Waals surface area contributed by atoms with Crippen LogP contribution in [0.2, 0.25) is 0 Å². The monoisotopic (exact) mass is 294 g/mol. The summed E-state index contributed by atoms with van der Waals surface area (Å²) in [4.78, 5) is 0. The Balaban J connectivity index is 1.72. The predicted molar refractivity (Wildman–Crippen MR) is 80.9 cm³/mol. The minimum atomic E-state index is -0.174. The summed E-state index contributed by atoms with van der Waals surface area (Å²) in [7, 11) is 1.72. The first kappa shape index (κ1) is 14.5. The van der Waals surface area contributed by atoms with E-state index in [0.717, 1.165) is 11.8 Å². The molecule has 0 aromatic rings. The molecular formula is C18H30O3. The maximum Gasteiger partial charge on any atom is 0.182 e. The lowest BCUT2D eigenvalue weighted by Crippen LogP contribution is -2.52. The smallest absolute Gasteiger partial charge is 0.182 e. The first-order valence-electron chi connectivity index (χ1n) is 8.67. The van der Waals surface area contributed by atoms with Gasteiger partial charge in [-0.3, -0.25) is 0 Å². The highest BCUT2D eigenvalue weighted by Crippen LogP contribution is 2.74. The van der Waals surface area contributed by atoms with Gasteiger partial charge < -0.3 is 14.2 Å². The van der Waals surface area contributed by atoms with Crippen molar-refractivity contribution in [1.82, 2.24) is 0 Å². The lowest BCUT2D eigenvalue weighted by atomic mass is 9.63. The van der Waals surface area contributed by atoms with Gasteiger partial charge in [0.25, 0.3) is 0 Å². The van der Waals surface area contributed by atoms with Gasteiger partial charge in [-0.2, -0.15) is 0 Å². The van der Waals surface area contributed by atoms with Gasteiger partial charge in [0.2, 0.25) is 0 Å². The van der Waals surface area contributed by atoms with Crippen LogP contribution in [0.4, 0.5) is 0 Å². The molecule has 2 bridgehead atoms. The zero-order valence-corrected chi connectivity index (χ0v) is 14.1. The van der Waals surface area contributed by atoms with Crippen LogP contribution in [0.15, 0.2) is 0 Å². The average Bonchev–Trinajstić information content (AvgIpc) is 2.95. The normalized spacial score (nSPS) is 57.3. The summed E-state index contributed by atoms with van der Waals surface area (Å²) in [5.41, 5.74) is 0.741. The molecule has 1 aliphatic heterocycles. The van der Waals surface area contributed by atoms with Gasteiger partial charge in [-0.1, -0.05) is 20.8 Å². The van der Waals surface area contributed by atoms with E-state index >= 15 is 0 Å². The molecule has 3 aliphatic carbocycles. The number of methoxy groups -OCH3 is 1. The molecule has 1 spiro atoms. The molecule has 4 rings (SSSR count). The summed E-state index contributed by atoms with van der Waals surface area (Å²) in [5.74, 6) is 2.29. The van der Waals surface area contributed by atoms with Crippen molar-refractivity contribution in [2.45, 2.75) is 71.4 Å². The van der Waals surface area contributed by atoms with Gasteiger partial charge in [0.05, 0.1) is 18.3 Å². The first-order chi connectivity index (χ1) is 9.84. The Labute approximate surface area is 128 Å². The lowest BCUT2D eigenvalue weighted by Gasteiger charge is -2.47. The zero-order valence-electron chi connectivity index (χ0n) is 14.1. The fourth-order valence-electron chi connectivity index (χ4n) is 6.86. The van der Waals surface area contributed by atoms with E-state index in [2.05, 4.69) is 27.7 Å². The molecule has 3 saturated carbocycles. The van der Waals surface area contributed by atoms with Crippen molar-refractivity contribution in [2.75, 3.05) is 13.7 Å². The van der Waals surface area contributed by atoms with Gasteiger partial charge in [0.1, 0.15) is 0 Å². The van der Waals surface area contributed by atoms with Crippen molar-refractivity contribution in [3.05, 3.63) is 0 Å². The highest BCUT2D eigenvalue weighted by Gasteiger charge is 2.73. The van der Waals surface area contributed by atoms with E-state index in [0.29, 0.717) is 23.4 Å². The van der Waals surface area contributed by atoms with Crippen LogP contribution < -0.4 is 0 Å². The lowest BCUT2D eigenvalue weighted by molar-refractivity contribution is -0.140. The Morgan fingerprint density at radius 1 is 1.10 bits per heavy atom. The van der Waals surface area contributed by atoms with Crippen LogP contribution in [-0.2, 0) is 14.2 Å². The summed E-state index contributed by atoms with van der Waals surface area (Å²) in [5, 5.41) is 0. The van der Waals surface area contributed by atoms with Crippen LogP contribution in [0.1, 0.15) is 53.4 Å². The van der Waals surface area contributed by atoms with Gasteiger partial charge in [0.15, 0.2) is 6.29 Å². The van der Waals surface area contributed by atoms with E-state index in [1.54, 1.807) is 7.11 Å². The number of fused-ring (bicyclic) bond motifs is 3. The molecule has 4 fully saturated rings. The van der Waals surface area contributed by atoms with E-state index < -0.39 is 0 Å². The van der Waals surface area contributed by atoms with Crippen LogP contribution in [0, 0.1) is 28.6 Å². The Hall–Kier alpha value is -0.120. The van der Waals surface area contributed by atoms with Gasteiger partial charge in [-0.15, -0.1) is 0 Å². The standard InChI is InChI=1S/C18H30O3/c1-11-6-7-12-16(2,3)13-8-18(11,12)9-14-17(13,4)21-15(20-14)10-19-5/h11-15H,6-10H2,1-5H3/t11-,12+,13-,14+,15?,17-,18-/m1/s1. The van der Waals surface area contributed by atoms with Crippen molar-refractivity contribution in [3.8, 4) is 0 Å². The third-order valence-electron chi connectivity index (χ3n) is 7.84. The summed E-state index contributed by atoms with van der Waals surface area (Å²) >= 11 is 0. The fourth-order valence-corrected chi connectivity index (χ4v) is 6.86. The van der Waals surface area contributed by atoms with Crippen molar-refractivity contribution in [2.24, 2.45) is 28.6 Å². The summed E-state index contributed by atoms with van der Waals surface area (Å²) < 4.78 is 18.0. The Morgan fingerprint density at radius 3 is 2.57 bits per heavy atom. The molecule has 4 aliphatic rings. The van der Waals surface area contributed by atoms with E-state index in [9.17, 15) is 0 Å². The maximum atomic E-state index is 6.41. The van der Waals surface area contributed by atoms with Crippen LogP contribution in [0.5, 0.6) is 0 Å². The van der Waals surface area contributed by atoms with Gasteiger partial charge in [-0.25, -0.2) is 0 Å². The average molecular weight is 294 g/mol. The molecule has 1 heterocycles. The molecule has 0 N–H and O–H groups in total. The predicted octanol–water partition coefficient (Wildman–Crippen LogP) is 3.62. The minimum absolute atomic E-state index is 0.123. The maximum absolute atomic E-state index is 6.41. The molecule has 3 heteroatoms. The second-order valence-electron chi connectivity index (χ2n) is 8.86. The van der Waals surface area contributed by atoms with Crippen molar-refractivity contribution in [3.63, 3.8) is 0 Å². The molecule has 0 amide bonds. The molecule has 0 aromatic heterocycles. The van der Waals surface area contributed by atoms with Crippen molar-refractivity contribution in [1.29, 1.82) is 0 Å². The number of hydrogen-bond donors (Lipinski definition) is 0. The molecule has 3 nitrogen and oxygen atoms in total. The SMILES string of the molecule is COCC1O[C@H]2C[C@@]34C[C@H](C(C)(C)[C@@H]3CC[C@H]4C)[C@@]2(C)O1. The molecule has 1 unspecified atom stereocenters. The van der Waals surface area contributed by atoms with Crippen LogP contribution in [0.25, 0.3) is 0 Å². The number of hydrogen-bond acceptors (Lipinski definition) is 3. The van der Waals surface area contributed by atoms with E-state index in [1.807, 2.05) is 0 Å². The van der Waals surface area contributed by atoms with E-state index in [4.69, 9.17) is 14.2 Å². The summed E-state index contributed by atoms with van der Waals surface area (Å²) in [6, 6.07) is 0. The highest BCUT2D eigenvalue weighted by molar-refractivity contribution is 5.21. The molecule has 21 heavy (non-hydrogen) atoms. The van der Waals surface area contributed by atoms with Crippen LogP contribution >= 0.6 is 0 Å². The first-order valence-corrected chi connectivity index (χ1v) is 8.67. The molecule has 7 atom stereocenters. The second-order valence-corrected chi connectivity index (χ2v) is 8.86.